The first kappa shape index (κ1) is 13.0. The average Bonchev–Trinajstić information content (AvgIpc) is 2.67. The third kappa shape index (κ3) is 3.07. The number of nitrogens with zero attached hydrogens (tertiary/aromatic N) is 1. The van der Waals surface area contributed by atoms with Crippen molar-refractivity contribution in [3.8, 4) is 0 Å². The second kappa shape index (κ2) is 5.06. The molecule has 2 atom stereocenters. The highest BCUT2D eigenvalue weighted by Crippen LogP contribution is 2.31. The Morgan fingerprint density at radius 1 is 1.41 bits per heavy atom. The number of amides is 1. The molecular weight excluding hydrogens is 253 g/mol. The van der Waals surface area contributed by atoms with Crippen LogP contribution in [0.2, 0.25) is 0 Å². The van der Waals surface area contributed by atoms with Gasteiger partial charge in [-0.2, -0.15) is 24.9 Å². The molecule has 7 heteroatoms. The van der Waals surface area contributed by atoms with Gasteiger partial charge in [0.15, 0.2) is 0 Å². The summed E-state index contributed by atoms with van der Waals surface area (Å²) < 4.78 is 38.9. The van der Waals surface area contributed by atoms with Crippen molar-refractivity contribution in [1.29, 1.82) is 0 Å². The Morgan fingerprint density at radius 3 is 2.76 bits per heavy atom. The van der Waals surface area contributed by atoms with Crippen LogP contribution in [0.15, 0.2) is 0 Å². The lowest BCUT2D eigenvalue weighted by atomic mass is 10.1. The number of carbonyl (C=O) groups excluding carboxylic acids is 1. The quantitative estimate of drug-likeness (QED) is 0.776. The zero-order chi connectivity index (χ0) is 12.5. The molecule has 17 heavy (non-hydrogen) atoms. The summed E-state index contributed by atoms with van der Waals surface area (Å²) >= 11 is 1.68. The van der Waals surface area contributed by atoms with Gasteiger partial charge in [0.05, 0.1) is 0 Å². The summed E-state index contributed by atoms with van der Waals surface area (Å²) in [4.78, 5) is 12.7. The highest BCUT2D eigenvalue weighted by Gasteiger charge is 2.47. The van der Waals surface area contributed by atoms with Crippen LogP contribution in [0.1, 0.15) is 12.8 Å². The number of hydrogen-bond donors (Lipinski definition) is 1. The molecular formula is C10H15F3N2OS. The summed E-state index contributed by atoms with van der Waals surface area (Å²) in [7, 11) is 0. The van der Waals surface area contributed by atoms with Gasteiger partial charge in [0.1, 0.15) is 6.04 Å². The molecule has 0 aliphatic carbocycles. The van der Waals surface area contributed by atoms with E-state index in [2.05, 4.69) is 5.32 Å². The van der Waals surface area contributed by atoms with Gasteiger partial charge in [-0.1, -0.05) is 0 Å². The fraction of sp³-hybridized carbons (Fsp3) is 0.900. The maximum atomic E-state index is 13.0. The largest absolute Gasteiger partial charge is 0.405 e. The topological polar surface area (TPSA) is 32.3 Å². The van der Waals surface area contributed by atoms with E-state index in [0.717, 1.165) is 17.9 Å². The van der Waals surface area contributed by atoms with E-state index in [0.29, 0.717) is 0 Å². The van der Waals surface area contributed by atoms with Crippen molar-refractivity contribution in [2.24, 2.45) is 0 Å². The zero-order valence-corrected chi connectivity index (χ0v) is 10.1. The molecule has 0 spiro atoms. The van der Waals surface area contributed by atoms with Gasteiger partial charge < -0.3 is 5.32 Å². The van der Waals surface area contributed by atoms with Crippen LogP contribution in [0.4, 0.5) is 13.2 Å². The summed E-state index contributed by atoms with van der Waals surface area (Å²) in [5.74, 6) is 1.36. The number of carbonyl (C=O) groups is 1. The first-order valence-electron chi connectivity index (χ1n) is 5.65. The van der Waals surface area contributed by atoms with Crippen LogP contribution in [0.5, 0.6) is 0 Å². The van der Waals surface area contributed by atoms with E-state index in [4.69, 9.17) is 0 Å². The van der Waals surface area contributed by atoms with E-state index < -0.39 is 12.2 Å². The molecule has 1 amide bonds. The summed E-state index contributed by atoms with van der Waals surface area (Å²) in [6, 6.07) is -1.57. The molecule has 2 heterocycles. The molecule has 2 saturated heterocycles. The molecule has 2 unspecified atom stereocenters. The van der Waals surface area contributed by atoms with Gasteiger partial charge in [0.25, 0.3) is 0 Å². The minimum atomic E-state index is -4.27. The minimum absolute atomic E-state index is 0.0423. The van der Waals surface area contributed by atoms with Gasteiger partial charge in [-0.05, 0) is 12.2 Å². The van der Waals surface area contributed by atoms with Crippen LogP contribution in [-0.2, 0) is 4.79 Å². The summed E-state index contributed by atoms with van der Waals surface area (Å²) in [5.41, 5.74) is 0. The van der Waals surface area contributed by atoms with E-state index in [1.54, 1.807) is 11.8 Å². The second-order valence-corrected chi connectivity index (χ2v) is 5.52. The molecule has 2 rings (SSSR count). The van der Waals surface area contributed by atoms with E-state index in [-0.39, 0.29) is 31.5 Å². The summed E-state index contributed by atoms with van der Waals surface area (Å²) in [5, 5.41) is 2.35. The highest BCUT2D eigenvalue weighted by molar-refractivity contribution is 7.99. The Bertz CT molecular complexity index is 292. The maximum Gasteiger partial charge on any atom is 0.405 e. The molecule has 98 valence electrons. The van der Waals surface area contributed by atoms with Gasteiger partial charge in [-0.15, -0.1) is 0 Å². The van der Waals surface area contributed by atoms with Crippen molar-refractivity contribution in [3.63, 3.8) is 0 Å². The number of alkyl halides is 3. The molecule has 1 N–H and O–H groups in total. The van der Waals surface area contributed by atoms with Crippen molar-refractivity contribution in [2.45, 2.75) is 31.1 Å². The third-order valence-corrected chi connectivity index (χ3v) is 4.39. The minimum Gasteiger partial charge on any atom is -0.354 e. The maximum absolute atomic E-state index is 13.0. The normalized spacial score (nSPS) is 32.3. The van der Waals surface area contributed by atoms with E-state index >= 15 is 0 Å². The lowest BCUT2D eigenvalue weighted by Gasteiger charge is -2.35. The van der Waals surface area contributed by atoms with Crippen molar-refractivity contribution < 1.29 is 18.0 Å². The van der Waals surface area contributed by atoms with Gasteiger partial charge in [0, 0.05) is 31.3 Å². The van der Waals surface area contributed by atoms with Crippen LogP contribution in [-0.4, -0.2) is 53.7 Å². The zero-order valence-electron chi connectivity index (χ0n) is 9.29. The summed E-state index contributed by atoms with van der Waals surface area (Å²) in [6.07, 6.45) is -3.33. The number of rotatable bonds is 1. The first-order valence-corrected chi connectivity index (χ1v) is 6.81. The van der Waals surface area contributed by atoms with E-state index in [9.17, 15) is 18.0 Å². The van der Waals surface area contributed by atoms with Crippen molar-refractivity contribution in [2.75, 3.05) is 24.6 Å². The monoisotopic (exact) mass is 268 g/mol. The molecule has 0 aromatic carbocycles. The van der Waals surface area contributed by atoms with E-state index in [1.165, 1.54) is 4.90 Å². The van der Waals surface area contributed by atoms with Crippen LogP contribution in [0.3, 0.4) is 0 Å². The predicted molar refractivity (Wildman–Crippen MR) is 59.9 cm³/mol. The molecule has 0 saturated carbocycles. The molecule has 0 aromatic heterocycles. The average molecular weight is 268 g/mol. The predicted octanol–water partition coefficient (Wildman–Crippen LogP) is 1.24. The lowest BCUT2D eigenvalue weighted by Crippen LogP contribution is -2.53. The molecule has 2 fully saturated rings. The van der Waals surface area contributed by atoms with Crippen LogP contribution in [0, 0.1) is 0 Å². The van der Waals surface area contributed by atoms with Crippen molar-refractivity contribution >= 4 is 17.7 Å². The van der Waals surface area contributed by atoms with Crippen LogP contribution in [0.25, 0.3) is 0 Å². The molecule has 2 aliphatic rings. The SMILES string of the molecule is O=C1CCN(C2CCSC2)C(C(F)(F)F)CN1. The third-order valence-electron chi connectivity index (χ3n) is 3.24. The second-order valence-electron chi connectivity index (χ2n) is 4.37. The fourth-order valence-electron chi connectivity index (χ4n) is 2.33. The number of halogens is 3. The molecule has 0 aromatic rings. The lowest BCUT2D eigenvalue weighted by molar-refractivity contribution is -0.185. The Labute approximate surface area is 102 Å². The molecule has 0 radical (unpaired) electrons. The van der Waals surface area contributed by atoms with Gasteiger partial charge in [0.2, 0.25) is 5.91 Å². The van der Waals surface area contributed by atoms with Crippen LogP contribution < -0.4 is 5.32 Å². The van der Waals surface area contributed by atoms with Gasteiger partial charge in [-0.3, -0.25) is 9.69 Å². The van der Waals surface area contributed by atoms with Crippen LogP contribution >= 0.6 is 11.8 Å². The standard InChI is InChI=1S/C10H15F3N2OS/c11-10(12,13)8-5-14-9(16)1-3-15(8)7-2-4-17-6-7/h7-8H,1-6H2,(H,14,16). The van der Waals surface area contributed by atoms with Crippen molar-refractivity contribution in [1.82, 2.24) is 10.2 Å². The number of hydrogen-bond acceptors (Lipinski definition) is 3. The summed E-state index contributed by atoms with van der Waals surface area (Å²) in [6.45, 7) is -0.106. The van der Waals surface area contributed by atoms with Gasteiger partial charge >= 0.3 is 6.18 Å². The van der Waals surface area contributed by atoms with Crippen molar-refractivity contribution in [3.05, 3.63) is 0 Å². The van der Waals surface area contributed by atoms with Gasteiger partial charge in [-0.25, -0.2) is 0 Å². The molecule has 0 bridgehead atoms. The Morgan fingerprint density at radius 2 is 2.18 bits per heavy atom. The smallest absolute Gasteiger partial charge is 0.354 e. The first-order chi connectivity index (χ1) is 7.98. The Balaban J connectivity index is 2.14. The molecule has 2 aliphatic heterocycles. The number of nitrogens with one attached hydrogen (secondary N) is 1. The number of thioether (sulfide) groups is 1. The Hall–Kier alpha value is -0.430. The fourth-order valence-corrected chi connectivity index (χ4v) is 3.56. The van der Waals surface area contributed by atoms with E-state index in [1.807, 2.05) is 0 Å². The highest BCUT2D eigenvalue weighted by atomic mass is 32.2. The Kier molecular flexibility index (Phi) is 3.87. The molecule has 3 nitrogen and oxygen atoms in total.